The van der Waals surface area contributed by atoms with Crippen molar-refractivity contribution >= 4 is 29.1 Å². The van der Waals surface area contributed by atoms with Crippen LogP contribution in [0.1, 0.15) is 24.2 Å². The van der Waals surface area contributed by atoms with Crippen LogP contribution in [0.5, 0.6) is 0 Å². The molecule has 140 valence electrons. The Morgan fingerprint density at radius 3 is 2.93 bits per heavy atom. The van der Waals surface area contributed by atoms with Gasteiger partial charge in [-0.25, -0.2) is 19.9 Å². The van der Waals surface area contributed by atoms with Crippen molar-refractivity contribution in [1.29, 1.82) is 5.26 Å². The molecule has 1 N–H and O–H groups in total. The summed E-state index contributed by atoms with van der Waals surface area (Å²) < 4.78 is 5.41. The highest BCUT2D eigenvalue weighted by molar-refractivity contribution is 6.23. The number of nitrogens with zero attached hydrogens (tertiary/aromatic N) is 8. The van der Waals surface area contributed by atoms with Gasteiger partial charge in [0, 0.05) is 5.56 Å². The number of aliphatic hydroxyl groups is 1. The van der Waals surface area contributed by atoms with Crippen molar-refractivity contribution in [2.24, 2.45) is 4.99 Å². The molecule has 4 heterocycles. The molecule has 10 nitrogen and oxygen atoms in total. The van der Waals surface area contributed by atoms with E-state index in [1.807, 2.05) is 34.2 Å². The number of fused-ring (bicyclic) bond motifs is 6. The number of hydrogen-bond donors (Lipinski definition) is 1. The molecule has 0 saturated heterocycles. The number of hydrazine groups is 1. The molecular formula is C17H13ClN8O2. The maximum atomic E-state index is 10.2. The fraction of sp³-hybridized carbons (Fsp3) is 0.294. The molecule has 28 heavy (non-hydrogen) atoms. The minimum absolute atomic E-state index is 0.218. The molecule has 11 heteroatoms. The minimum atomic E-state index is -0.989. The number of para-hydroxylation sites is 1. The highest BCUT2D eigenvalue weighted by Gasteiger charge is 2.49. The molecule has 6 rings (SSSR count). The van der Waals surface area contributed by atoms with Crippen LogP contribution in [0.4, 0.5) is 11.7 Å². The van der Waals surface area contributed by atoms with Crippen LogP contribution in [0.3, 0.4) is 0 Å². The van der Waals surface area contributed by atoms with E-state index in [4.69, 9.17) is 16.1 Å². The predicted molar refractivity (Wildman–Crippen MR) is 97.2 cm³/mol. The van der Waals surface area contributed by atoms with Gasteiger partial charge in [0.05, 0.1) is 11.9 Å². The first kappa shape index (κ1) is 15.7. The summed E-state index contributed by atoms with van der Waals surface area (Å²) in [5.41, 5.74) is 0.0579. The third-order valence-corrected chi connectivity index (χ3v) is 5.66. The van der Waals surface area contributed by atoms with Crippen LogP contribution in [0.25, 0.3) is 0 Å². The standard InChI is InChI=1S/C17H13ClN8O2/c18-15-23(8-19)7-12-25(15)11-4-2-1-3-10(11)13-20-9-24(26(12)13)16-21-14(22-28-16)17(27)5-6-17/h1-4,7,15,27H,5-6,9H2. The summed E-state index contributed by atoms with van der Waals surface area (Å²) in [6.45, 7) is 0.258. The SMILES string of the molecule is N#CN1C=C2N(c3ccccc3C3=NCN(c4nc(C5(O)CC5)no4)N23)C1Cl. The molecule has 1 unspecified atom stereocenters. The molecule has 1 aromatic carbocycles. The second kappa shape index (κ2) is 5.15. The molecule has 1 atom stereocenters. The van der Waals surface area contributed by atoms with E-state index in [1.54, 1.807) is 11.2 Å². The van der Waals surface area contributed by atoms with Crippen LogP contribution in [0, 0.1) is 11.5 Å². The number of hydrogen-bond acceptors (Lipinski definition) is 10. The smallest absolute Gasteiger partial charge is 0.345 e. The Balaban J connectivity index is 1.47. The topological polar surface area (TPSA) is 108 Å². The number of aliphatic imine (C=N–C) groups is 1. The monoisotopic (exact) mass is 396 g/mol. The lowest BCUT2D eigenvalue weighted by Crippen LogP contribution is -2.50. The van der Waals surface area contributed by atoms with Gasteiger partial charge < -0.3 is 9.63 Å². The molecule has 0 spiro atoms. The summed E-state index contributed by atoms with van der Waals surface area (Å²) in [5.74, 6) is 1.63. The van der Waals surface area contributed by atoms with Crippen molar-refractivity contribution in [3.8, 4) is 6.19 Å². The van der Waals surface area contributed by atoms with Crippen molar-refractivity contribution in [1.82, 2.24) is 20.0 Å². The second-order valence-electron chi connectivity index (χ2n) is 6.96. The summed E-state index contributed by atoms with van der Waals surface area (Å²) >= 11 is 6.54. The number of halogens is 1. The van der Waals surface area contributed by atoms with Crippen molar-refractivity contribution in [2.45, 2.75) is 24.1 Å². The van der Waals surface area contributed by atoms with E-state index in [1.165, 1.54) is 4.90 Å². The Morgan fingerprint density at radius 1 is 1.32 bits per heavy atom. The Hall–Kier alpha value is -3.29. The molecule has 1 aromatic heterocycles. The van der Waals surface area contributed by atoms with E-state index in [0.717, 1.165) is 11.3 Å². The normalized spacial score (nSPS) is 23.7. The van der Waals surface area contributed by atoms with E-state index in [9.17, 15) is 10.4 Å². The molecule has 1 saturated carbocycles. The van der Waals surface area contributed by atoms with Crippen LogP contribution < -0.4 is 9.91 Å². The fourth-order valence-corrected chi connectivity index (χ4v) is 3.94. The molecule has 1 fully saturated rings. The number of amidine groups is 1. The molecule has 0 radical (unpaired) electrons. The van der Waals surface area contributed by atoms with E-state index >= 15 is 0 Å². The fourth-order valence-electron chi connectivity index (χ4n) is 3.63. The molecular weight excluding hydrogens is 384 g/mol. The first-order valence-electron chi connectivity index (χ1n) is 8.72. The van der Waals surface area contributed by atoms with Gasteiger partial charge in [-0.3, -0.25) is 4.90 Å². The lowest BCUT2D eigenvalue weighted by Gasteiger charge is -2.40. The number of anilines is 2. The maximum Gasteiger partial charge on any atom is 0.345 e. The highest BCUT2D eigenvalue weighted by Crippen LogP contribution is 2.46. The summed E-state index contributed by atoms with van der Waals surface area (Å²) in [4.78, 5) is 12.2. The summed E-state index contributed by atoms with van der Waals surface area (Å²) in [6, 6.07) is 7.95. The van der Waals surface area contributed by atoms with Gasteiger partial charge in [0.15, 0.2) is 23.5 Å². The van der Waals surface area contributed by atoms with Gasteiger partial charge in [0.1, 0.15) is 12.3 Å². The third kappa shape index (κ3) is 1.92. The van der Waals surface area contributed by atoms with Crippen molar-refractivity contribution < 1.29 is 9.63 Å². The third-order valence-electron chi connectivity index (χ3n) is 5.25. The zero-order chi connectivity index (χ0) is 19.0. The highest BCUT2D eigenvalue weighted by atomic mass is 35.5. The Bertz CT molecular complexity index is 1100. The largest absolute Gasteiger partial charge is 0.382 e. The first-order chi connectivity index (χ1) is 13.6. The number of nitriles is 1. The van der Waals surface area contributed by atoms with Gasteiger partial charge in [-0.15, -0.1) is 0 Å². The van der Waals surface area contributed by atoms with Crippen molar-refractivity contribution in [3.63, 3.8) is 0 Å². The lowest BCUT2D eigenvalue weighted by atomic mass is 10.1. The molecule has 4 aliphatic rings. The molecule has 0 amide bonds. The minimum Gasteiger partial charge on any atom is -0.382 e. The van der Waals surface area contributed by atoms with Crippen molar-refractivity contribution in [3.05, 3.63) is 47.7 Å². The predicted octanol–water partition coefficient (Wildman–Crippen LogP) is 1.43. The number of rotatable bonds is 2. The lowest BCUT2D eigenvalue weighted by molar-refractivity contribution is 0.137. The van der Waals surface area contributed by atoms with E-state index in [-0.39, 0.29) is 18.5 Å². The Kier molecular flexibility index (Phi) is 2.90. The maximum absolute atomic E-state index is 10.2. The quantitative estimate of drug-likeness (QED) is 0.458. The zero-order valence-electron chi connectivity index (χ0n) is 14.4. The number of alkyl halides is 1. The van der Waals surface area contributed by atoms with Gasteiger partial charge in [-0.05, 0) is 25.0 Å². The van der Waals surface area contributed by atoms with E-state index in [2.05, 4.69) is 21.3 Å². The average molecular weight is 397 g/mol. The van der Waals surface area contributed by atoms with Gasteiger partial charge in [-0.1, -0.05) is 28.9 Å². The Morgan fingerprint density at radius 2 is 2.14 bits per heavy atom. The Labute approximate surface area is 164 Å². The van der Waals surface area contributed by atoms with Gasteiger partial charge in [0.25, 0.3) is 0 Å². The van der Waals surface area contributed by atoms with Crippen molar-refractivity contribution in [2.75, 3.05) is 16.6 Å². The average Bonchev–Trinajstić information content (AvgIpc) is 3.11. The molecule has 1 aliphatic carbocycles. The van der Waals surface area contributed by atoms with Gasteiger partial charge >= 0.3 is 6.01 Å². The van der Waals surface area contributed by atoms with Gasteiger partial charge in [0.2, 0.25) is 5.82 Å². The van der Waals surface area contributed by atoms with Crippen LogP contribution in [0.15, 0.2) is 45.8 Å². The van der Waals surface area contributed by atoms with Gasteiger partial charge in [-0.2, -0.15) is 10.2 Å². The number of aromatic nitrogens is 2. The molecule has 3 aliphatic heterocycles. The molecule has 0 bridgehead atoms. The summed E-state index contributed by atoms with van der Waals surface area (Å²) in [6.07, 6.45) is 4.98. The summed E-state index contributed by atoms with van der Waals surface area (Å²) in [5, 5.41) is 27.1. The summed E-state index contributed by atoms with van der Waals surface area (Å²) in [7, 11) is 0. The van der Waals surface area contributed by atoms with Crippen LogP contribution >= 0.6 is 11.6 Å². The van der Waals surface area contributed by atoms with Crippen LogP contribution in [0.2, 0.25) is 0 Å². The van der Waals surface area contributed by atoms with Crippen LogP contribution in [-0.4, -0.2) is 43.3 Å². The van der Waals surface area contributed by atoms with E-state index in [0.29, 0.717) is 24.5 Å². The van der Waals surface area contributed by atoms with E-state index < -0.39 is 11.2 Å². The zero-order valence-corrected chi connectivity index (χ0v) is 15.2. The molecule has 2 aromatic rings. The van der Waals surface area contributed by atoms with Crippen LogP contribution in [-0.2, 0) is 5.60 Å². The first-order valence-corrected chi connectivity index (χ1v) is 9.15. The second-order valence-corrected chi connectivity index (χ2v) is 7.35. The number of benzene rings is 1.